The van der Waals surface area contributed by atoms with Crippen LogP contribution < -0.4 is 5.43 Å². The van der Waals surface area contributed by atoms with Crippen LogP contribution in [0.4, 0.5) is 0 Å². The summed E-state index contributed by atoms with van der Waals surface area (Å²) in [5.41, 5.74) is 3.80. The van der Waals surface area contributed by atoms with Crippen molar-refractivity contribution in [2.45, 2.75) is 27.2 Å². The molecule has 0 bridgehead atoms. The molecule has 2 aromatic rings. The van der Waals surface area contributed by atoms with E-state index in [2.05, 4.69) is 0 Å². The summed E-state index contributed by atoms with van der Waals surface area (Å²) in [5.74, 6) is 0. The number of rotatable bonds is 1. The first kappa shape index (κ1) is 9.97. The molecule has 2 heteroatoms. The largest absolute Gasteiger partial charge is 0.464 e. The zero-order valence-corrected chi connectivity index (χ0v) is 9.26. The van der Waals surface area contributed by atoms with Crippen molar-refractivity contribution in [2.75, 3.05) is 0 Å². The number of fused-ring (bicyclic) bond motifs is 1. The second-order valence-corrected chi connectivity index (χ2v) is 3.88. The Balaban J connectivity index is 2.88. The second-order valence-electron chi connectivity index (χ2n) is 3.88. The quantitative estimate of drug-likeness (QED) is 0.711. The van der Waals surface area contributed by atoms with Gasteiger partial charge < -0.3 is 4.42 Å². The molecule has 0 atom stereocenters. The maximum atomic E-state index is 12.0. The first-order chi connectivity index (χ1) is 7.13. The lowest BCUT2D eigenvalue weighted by Gasteiger charge is -2.03. The molecule has 0 saturated heterocycles. The molecular formula is C13H14O2. The monoisotopic (exact) mass is 202 g/mol. The fourth-order valence-corrected chi connectivity index (χ4v) is 1.67. The SMILES string of the molecule is CCc1coc2cc(C)c(C)cc2c1=O. The average molecular weight is 202 g/mol. The zero-order chi connectivity index (χ0) is 11.0. The molecule has 0 unspecified atom stereocenters. The normalized spacial score (nSPS) is 10.9. The van der Waals surface area contributed by atoms with E-state index in [0.717, 1.165) is 16.7 Å². The van der Waals surface area contributed by atoms with E-state index in [4.69, 9.17) is 4.42 Å². The van der Waals surface area contributed by atoms with E-state index < -0.39 is 0 Å². The summed E-state index contributed by atoms with van der Waals surface area (Å²) in [6.07, 6.45) is 2.28. The highest BCUT2D eigenvalue weighted by atomic mass is 16.3. The minimum absolute atomic E-state index is 0.0989. The Hall–Kier alpha value is -1.57. The Kier molecular flexibility index (Phi) is 2.35. The van der Waals surface area contributed by atoms with Crippen LogP contribution in [-0.2, 0) is 6.42 Å². The third-order valence-electron chi connectivity index (χ3n) is 2.84. The highest BCUT2D eigenvalue weighted by Gasteiger charge is 2.06. The fourth-order valence-electron chi connectivity index (χ4n) is 1.67. The highest BCUT2D eigenvalue weighted by molar-refractivity contribution is 5.78. The van der Waals surface area contributed by atoms with E-state index in [1.807, 2.05) is 32.9 Å². The van der Waals surface area contributed by atoms with Crippen molar-refractivity contribution in [2.24, 2.45) is 0 Å². The van der Waals surface area contributed by atoms with Gasteiger partial charge in [-0.15, -0.1) is 0 Å². The summed E-state index contributed by atoms with van der Waals surface area (Å²) in [6.45, 7) is 5.98. The fraction of sp³-hybridized carbons (Fsp3) is 0.308. The molecule has 0 fully saturated rings. The highest BCUT2D eigenvalue weighted by Crippen LogP contribution is 2.17. The van der Waals surface area contributed by atoms with E-state index in [1.165, 1.54) is 0 Å². The van der Waals surface area contributed by atoms with Crippen molar-refractivity contribution in [3.8, 4) is 0 Å². The maximum Gasteiger partial charge on any atom is 0.195 e. The second kappa shape index (κ2) is 3.54. The van der Waals surface area contributed by atoms with Gasteiger partial charge in [0.15, 0.2) is 5.43 Å². The van der Waals surface area contributed by atoms with Crippen LogP contribution in [0.2, 0.25) is 0 Å². The van der Waals surface area contributed by atoms with Crippen LogP contribution >= 0.6 is 0 Å². The van der Waals surface area contributed by atoms with Gasteiger partial charge in [0.05, 0.1) is 11.6 Å². The van der Waals surface area contributed by atoms with Gasteiger partial charge in [-0.05, 0) is 43.5 Å². The van der Waals surface area contributed by atoms with Crippen molar-refractivity contribution in [3.63, 3.8) is 0 Å². The van der Waals surface area contributed by atoms with E-state index in [1.54, 1.807) is 6.26 Å². The summed E-state index contributed by atoms with van der Waals surface area (Å²) < 4.78 is 5.45. The molecule has 2 nitrogen and oxygen atoms in total. The van der Waals surface area contributed by atoms with E-state index in [0.29, 0.717) is 17.4 Å². The lowest BCUT2D eigenvalue weighted by atomic mass is 10.1. The lowest BCUT2D eigenvalue weighted by Crippen LogP contribution is -2.07. The first-order valence-electron chi connectivity index (χ1n) is 5.15. The van der Waals surface area contributed by atoms with Gasteiger partial charge in [-0.3, -0.25) is 4.79 Å². The summed E-state index contributed by atoms with van der Waals surface area (Å²) in [6, 6.07) is 3.83. The third kappa shape index (κ3) is 1.56. The van der Waals surface area contributed by atoms with Gasteiger partial charge >= 0.3 is 0 Å². The van der Waals surface area contributed by atoms with Crippen LogP contribution in [0.1, 0.15) is 23.6 Å². The Morgan fingerprint density at radius 3 is 2.53 bits per heavy atom. The van der Waals surface area contributed by atoms with Crippen molar-refractivity contribution < 1.29 is 4.42 Å². The van der Waals surface area contributed by atoms with Gasteiger partial charge in [-0.1, -0.05) is 6.92 Å². The van der Waals surface area contributed by atoms with Crippen molar-refractivity contribution in [1.82, 2.24) is 0 Å². The molecule has 0 aliphatic rings. The molecule has 0 aliphatic heterocycles. The summed E-state index contributed by atoms with van der Waals surface area (Å²) in [5, 5.41) is 0.692. The summed E-state index contributed by atoms with van der Waals surface area (Å²) in [4.78, 5) is 12.0. The average Bonchev–Trinajstić information content (AvgIpc) is 2.22. The lowest BCUT2D eigenvalue weighted by molar-refractivity contribution is 0.593. The van der Waals surface area contributed by atoms with Crippen LogP contribution in [0.15, 0.2) is 27.6 Å². The molecule has 0 N–H and O–H groups in total. The standard InChI is InChI=1S/C13H14O2/c1-4-10-7-15-12-6-9(3)8(2)5-11(12)13(10)14/h5-7H,4H2,1-3H3. The van der Waals surface area contributed by atoms with E-state index in [-0.39, 0.29) is 5.43 Å². The van der Waals surface area contributed by atoms with Gasteiger partial charge in [0.2, 0.25) is 0 Å². The predicted molar refractivity (Wildman–Crippen MR) is 61.3 cm³/mol. The van der Waals surface area contributed by atoms with Crippen molar-refractivity contribution >= 4 is 11.0 Å². The summed E-state index contributed by atoms with van der Waals surface area (Å²) in [7, 11) is 0. The predicted octanol–water partition coefficient (Wildman–Crippen LogP) is 2.97. The number of hydrogen-bond donors (Lipinski definition) is 0. The van der Waals surface area contributed by atoms with Gasteiger partial charge in [0.1, 0.15) is 5.58 Å². The smallest absolute Gasteiger partial charge is 0.195 e. The minimum atomic E-state index is 0.0989. The molecule has 1 heterocycles. The van der Waals surface area contributed by atoms with Gasteiger partial charge in [-0.2, -0.15) is 0 Å². The first-order valence-corrected chi connectivity index (χ1v) is 5.15. The van der Waals surface area contributed by atoms with Crippen molar-refractivity contribution in [3.05, 3.63) is 45.3 Å². The number of benzene rings is 1. The molecule has 78 valence electrons. The number of hydrogen-bond acceptors (Lipinski definition) is 2. The molecule has 2 rings (SSSR count). The third-order valence-corrected chi connectivity index (χ3v) is 2.84. The summed E-state index contributed by atoms with van der Waals surface area (Å²) >= 11 is 0. The molecule has 0 radical (unpaired) electrons. The Morgan fingerprint density at radius 2 is 1.87 bits per heavy atom. The molecule has 0 amide bonds. The Morgan fingerprint density at radius 1 is 1.20 bits per heavy atom. The van der Waals surface area contributed by atoms with Crippen molar-refractivity contribution in [1.29, 1.82) is 0 Å². The van der Waals surface area contributed by atoms with Crippen LogP contribution in [-0.4, -0.2) is 0 Å². The van der Waals surface area contributed by atoms with Crippen LogP contribution in [0.25, 0.3) is 11.0 Å². The van der Waals surface area contributed by atoms with Gasteiger partial charge in [-0.25, -0.2) is 0 Å². The van der Waals surface area contributed by atoms with Gasteiger partial charge in [0, 0.05) is 5.56 Å². The number of aryl methyl sites for hydroxylation is 3. The van der Waals surface area contributed by atoms with Crippen LogP contribution in [0.3, 0.4) is 0 Å². The maximum absolute atomic E-state index is 12.0. The molecular weight excluding hydrogens is 188 g/mol. The van der Waals surface area contributed by atoms with Crippen LogP contribution in [0, 0.1) is 13.8 Å². The van der Waals surface area contributed by atoms with Gasteiger partial charge in [0.25, 0.3) is 0 Å². The molecule has 0 spiro atoms. The Bertz CT molecular complexity index is 564. The molecule has 15 heavy (non-hydrogen) atoms. The topological polar surface area (TPSA) is 30.2 Å². The van der Waals surface area contributed by atoms with Crippen LogP contribution in [0.5, 0.6) is 0 Å². The minimum Gasteiger partial charge on any atom is -0.464 e. The Labute approximate surface area is 88.5 Å². The molecule has 0 saturated carbocycles. The van der Waals surface area contributed by atoms with E-state index in [9.17, 15) is 4.79 Å². The molecule has 1 aromatic heterocycles. The molecule has 1 aromatic carbocycles. The van der Waals surface area contributed by atoms with E-state index >= 15 is 0 Å². The zero-order valence-electron chi connectivity index (χ0n) is 9.26. The molecule has 0 aliphatic carbocycles.